The SMILES string of the molecule is CCc1ccc(-c2ccc(/C(=C/C(=O)O)C(F)(F)F)cc2)cc1. The molecule has 0 atom stereocenters. The quantitative estimate of drug-likeness (QED) is 0.810. The van der Waals surface area contributed by atoms with Gasteiger partial charge in [-0.05, 0) is 28.7 Å². The molecule has 0 aliphatic rings. The molecule has 1 N–H and O–H groups in total. The van der Waals surface area contributed by atoms with Crippen LogP contribution in [0.3, 0.4) is 0 Å². The lowest BCUT2D eigenvalue weighted by molar-refractivity contribution is -0.131. The lowest BCUT2D eigenvalue weighted by Crippen LogP contribution is -2.12. The Balaban J connectivity index is 2.35. The van der Waals surface area contributed by atoms with E-state index in [1.165, 1.54) is 17.7 Å². The van der Waals surface area contributed by atoms with Gasteiger partial charge in [-0.15, -0.1) is 0 Å². The van der Waals surface area contributed by atoms with Gasteiger partial charge in [0.05, 0.1) is 5.57 Å². The van der Waals surface area contributed by atoms with Crippen LogP contribution in [0.25, 0.3) is 16.7 Å². The Hall–Kier alpha value is -2.56. The Morgan fingerprint density at radius 2 is 1.48 bits per heavy atom. The summed E-state index contributed by atoms with van der Waals surface area (Å²) in [6.07, 6.45) is -3.62. The van der Waals surface area contributed by atoms with Crippen LogP contribution >= 0.6 is 0 Å². The number of benzene rings is 2. The molecule has 0 radical (unpaired) electrons. The molecule has 0 spiro atoms. The topological polar surface area (TPSA) is 37.3 Å². The number of hydrogen-bond donors (Lipinski definition) is 1. The van der Waals surface area contributed by atoms with E-state index in [0.29, 0.717) is 0 Å². The van der Waals surface area contributed by atoms with Gasteiger partial charge in [0.2, 0.25) is 0 Å². The molecule has 5 heteroatoms. The molecule has 0 saturated carbocycles. The molecule has 0 bridgehead atoms. The zero-order valence-electron chi connectivity index (χ0n) is 12.4. The van der Waals surface area contributed by atoms with Gasteiger partial charge in [-0.1, -0.05) is 55.5 Å². The van der Waals surface area contributed by atoms with Crippen molar-refractivity contribution >= 4 is 11.5 Å². The molecule has 0 aromatic heterocycles. The predicted molar refractivity (Wildman–Crippen MR) is 82.9 cm³/mol. The number of allylic oxidation sites excluding steroid dienone is 1. The van der Waals surface area contributed by atoms with Crippen LogP contribution in [-0.4, -0.2) is 17.3 Å². The predicted octanol–water partition coefficient (Wildman–Crippen LogP) is 4.95. The van der Waals surface area contributed by atoms with Crippen molar-refractivity contribution in [3.63, 3.8) is 0 Å². The summed E-state index contributed by atoms with van der Waals surface area (Å²) in [5, 5.41) is 8.61. The molecule has 0 fully saturated rings. The zero-order chi connectivity index (χ0) is 17.0. The second-order valence-electron chi connectivity index (χ2n) is 5.02. The number of alkyl halides is 3. The summed E-state index contributed by atoms with van der Waals surface area (Å²) in [7, 11) is 0. The summed E-state index contributed by atoms with van der Waals surface area (Å²) < 4.78 is 38.8. The van der Waals surface area contributed by atoms with Crippen LogP contribution < -0.4 is 0 Å². The van der Waals surface area contributed by atoms with E-state index in [4.69, 9.17) is 5.11 Å². The fraction of sp³-hybridized carbons (Fsp3) is 0.167. The first-order valence-electron chi connectivity index (χ1n) is 7.03. The van der Waals surface area contributed by atoms with Gasteiger partial charge in [0.1, 0.15) is 0 Å². The van der Waals surface area contributed by atoms with E-state index < -0.39 is 17.7 Å². The number of aliphatic carboxylic acids is 1. The van der Waals surface area contributed by atoms with Gasteiger partial charge in [0, 0.05) is 6.08 Å². The number of carbonyl (C=O) groups is 1. The van der Waals surface area contributed by atoms with E-state index in [1.807, 2.05) is 31.2 Å². The van der Waals surface area contributed by atoms with E-state index in [-0.39, 0.29) is 11.6 Å². The molecular formula is C18H15F3O2. The highest BCUT2D eigenvalue weighted by molar-refractivity contribution is 5.91. The summed E-state index contributed by atoms with van der Waals surface area (Å²) in [4.78, 5) is 10.6. The Bertz CT molecular complexity index is 711. The third kappa shape index (κ3) is 4.22. The second kappa shape index (κ2) is 6.69. The molecule has 2 aromatic carbocycles. The molecule has 2 aromatic rings. The Morgan fingerprint density at radius 1 is 1.00 bits per heavy atom. The molecule has 0 amide bonds. The summed E-state index contributed by atoms with van der Waals surface area (Å²) in [5.74, 6) is -1.63. The summed E-state index contributed by atoms with van der Waals surface area (Å²) in [6.45, 7) is 2.04. The first-order chi connectivity index (χ1) is 10.8. The van der Waals surface area contributed by atoms with Crippen molar-refractivity contribution in [2.24, 2.45) is 0 Å². The van der Waals surface area contributed by atoms with E-state index in [0.717, 1.165) is 17.5 Å². The Labute approximate surface area is 131 Å². The van der Waals surface area contributed by atoms with Crippen LogP contribution in [0.2, 0.25) is 0 Å². The normalized spacial score (nSPS) is 12.3. The van der Waals surface area contributed by atoms with Gasteiger partial charge in [0.15, 0.2) is 0 Å². The molecule has 0 aliphatic carbocycles. The molecule has 0 saturated heterocycles. The molecule has 0 heterocycles. The van der Waals surface area contributed by atoms with Crippen molar-refractivity contribution in [3.05, 3.63) is 65.7 Å². The van der Waals surface area contributed by atoms with E-state index >= 15 is 0 Å². The van der Waals surface area contributed by atoms with Crippen molar-refractivity contribution < 1.29 is 23.1 Å². The van der Waals surface area contributed by atoms with Crippen LogP contribution in [0.15, 0.2) is 54.6 Å². The fourth-order valence-corrected chi connectivity index (χ4v) is 2.23. The first kappa shape index (κ1) is 16.8. The number of hydrogen-bond acceptors (Lipinski definition) is 1. The minimum atomic E-state index is -4.72. The minimum absolute atomic E-state index is 0.172. The average Bonchev–Trinajstić information content (AvgIpc) is 2.52. The number of aryl methyl sites for hydroxylation is 1. The van der Waals surface area contributed by atoms with Crippen molar-refractivity contribution in [1.82, 2.24) is 0 Å². The maximum atomic E-state index is 12.9. The highest BCUT2D eigenvalue weighted by Crippen LogP contribution is 2.34. The number of carboxylic acid groups (broad SMARTS) is 1. The van der Waals surface area contributed by atoms with Crippen LogP contribution in [0.5, 0.6) is 0 Å². The van der Waals surface area contributed by atoms with Gasteiger partial charge < -0.3 is 5.11 Å². The molecule has 0 aliphatic heterocycles. The molecule has 2 rings (SSSR count). The molecule has 2 nitrogen and oxygen atoms in total. The monoisotopic (exact) mass is 320 g/mol. The van der Waals surface area contributed by atoms with Crippen LogP contribution in [-0.2, 0) is 11.2 Å². The summed E-state index contributed by atoms with van der Waals surface area (Å²) in [6, 6.07) is 13.4. The smallest absolute Gasteiger partial charge is 0.417 e. The van der Waals surface area contributed by atoms with E-state index in [9.17, 15) is 18.0 Å². The van der Waals surface area contributed by atoms with Crippen molar-refractivity contribution in [1.29, 1.82) is 0 Å². The van der Waals surface area contributed by atoms with Crippen molar-refractivity contribution in [3.8, 4) is 11.1 Å². The molecule has 120 valence electrons. The number of halogens is 3. The van der Waals surface area contributed by atoms with E-state index in [2.05, 4.69) is 0 Å². The number of rotatable bonds is 4. The Kier molecular flexibility index (Phi) is 4.89. The Morgan fingerprint density at radius 3 is 1.87 bits per heavy atom. The molecular weight excluding hydrogens is 305 g/mol. The fourth-order valence-electron chi connectivity index (χ4n) is 2.23. The van der Waals surface area contributed by atoms with Gasteiger partial charge >= 0.3 is 12.1 Å². The van der Waals surface area contributed by atoms with Crippen LogP contribution in [0, 0.1) is 0 Å². The standard InChI is InChI=1S/C18H15F3O2/c1-2-12-3-5-13(6-4-12)14-7-9-15(10-8-14)16(11-17(22)23)18(19,20)21/h3-11H,2H2,1H3,(H,22,23)/b16-11-. The zero-order valence-corrected chi connectivity index (χ0v) is 12.4. The minimum Gasteiger partial charge on any atom is -0.478 e. The van der Waals surface area contributed by atoms with Crippen LogP contribution in [0.1, 0.15) is 18.1 Å². The average molecular weight is 320 g/mol. The first-order valence-corrected chi connectivity index (χ1v) is 7.03. The van der Waals surface area contributed by atoms with Gasteiger partial charge in [0.25, 0.3) is 0 Å². The van der Waals surface area contributed by atoms with Crippen molar-refractivity contribution in [2.45, 2.75) is 19.5 Å². The van der Waals surface area contributed by atoms with Gasteiger partial charge in [-0.2, -0.15) is 13.2 Å². The molecule has 0 unspecified atom stereocenters. The van der Waals surface area contributed by atoms with Gasteiger partial charge in [-0.3, -0.25) is 0 Å². The highest BCUT2D eigenvalue weighted by Gasteiger charge is 2.35. The highest BCUT2D eigenvalue weighted by atomic mass is 19.4. The third-order valence-corrected chi connectivity index (χ3v) is 3.46. The summed E-state index contributed by atoms with van der Waals surface area (Å²) >= 11 is 0. The maximum absolute atomic E-state index is 12.9. The summed E-state index contributed by atoms with van der Waals surface area (Å²) in [5.41, 5.74) is 1.50. The lowest BCUT2D eigenvalue weighted by atomic mass is 9.99. The van der Waals surface area contributed by atoms with E-state index in [1.54, 1.807) is 12.1 Å². The van der Waals surface area contributed by atoms with Crippen molar-refractivity contribution in [2.75, 3.05) is 0 Å². The van der Waals surface area contributed by atoms with Gasteiger partial charge in [-0.25, -0.2) is 4.79 Å². The molecule has 23 heavy (non-hydrogen) atoms. The number of carboxylic acids is 1. The van der Waals surface area contributed by atoms with Crippen LogP contribution in [0.4, 0.5) is 13.2 Å². The largest absolute Gasteiger partial charge is 0.478 e. The maximum Gasteiger partial charge on any atom is 0.417 e. The second-order valence-corrected chi connectivity index (χ2v) is 5.02. The third-order valence-electron chi connectivity index (χ3n) is 3.46. The lowest BCUT2D eigenvalue weighted by Gasteiger charge is -2.12.